The Morgan fingerprint density at radius 1 is 1.15 bits per heavy atom. The molecule has 1 fully saturated rings. The van der Waals surface area contributed by atoms with E-state index in [1.807, 2.05) is 13.1 Å². The van der Waals surface area contributed by atoms with Crippen LogP contribution in [0.5, 0.6) is 0 Å². The maximum atomic E-state index is 12.9. The van der Waals surface area contributed by atoms with E-state index >= 15 is 0 Å². The van der Waals surface area contributed by atoms with Crippen LogP contribution in [0.3, 0.4) is 0 Å². The van der Waals surface area contributed by atoms with Crippen molar-refractivity contribution in [1.29, 1.82) is 0 Å². The van der Waals surface area contributed by atoms with Crippen molar-refractivity contribution in [2.45, 2.75) is 54.7 Å². The lowest BCUT2D eigenvalue weighted by Crippen LogP contribution is -2.43. The Kier molecular flexibility index (Phi) is 5.64. The lowest BCUT2D eigenvalue weighted by atomic mass is 9.96. The fourth-order valence-electron chi connectivity index (χ4n) is 2.97. The first kappa shape index (κ1) is 16.0. The zero-order valence-corrected chi connectivity index (χ0v) is 14.2. The molecule has 1 aliphatic rings. The number of sulfone groups is 1. The second kappa shape index (κ2) is 7.05. The highest BCUT2D eigenvalue weighted by Crippen LogP contribution is 2.28. The molecular formula is C15H22BrNO2S. The van der Waals surface area contributed by atoms with E-state index in [0.717, 1.165) is 36.6 Å². The molecule has 2 rings (SSSR count). The molecule has 1 saturated carbocycles. The van der Waals surface area contributed by atoms with Gasteiger partial charge in [0.1, 0.15) is 0 Å². The van der Waals surface area contributed by atoms with Crippen LogP contribution in [0.25, 0.3) is 0 Å². The second-order valence-electron chi connectivity index (χ2n) is 5.43. The van der Waals surface area contributed by atoms with E-state index in [-0.39, 0.29) is 11.3 Å². The van der Waals surface area contributed by atoms with Gasteiger partial charge in [-0.25, -0.2) is 8.42 Å². The topological polar surface area (TPSA) is 46.2 Å². The standard InChI is InChI=1S/C15H22BrNO2S/c1-17-14-9-4-2-3-5-10-15(14)20(18,19)13-8-6-7-12(16)11-13/h6-8,11,14-15,17H,2-5,9-10H2,1H3. The molecule has 1 aliphatic carbocycles. The summed E-state index contributed by atoms with van der Waals surface area (Å²) in [6, 6.07) is 7.10. The van der Waals surface area contributed by atoms with Crippen molar-refractivity contribution in [1.82, 2.24) is 5.32 Å². The normalized spacial score (nSPS) is 24.9. The molecule has 3 nitrogen and oxygen atoms in total. The van der Waals surface area contributed by atoms with Gasteiger partial charge < -0.3 is 5.32 Å². The molecule has 0 radical (unpaired) electrons. The Bertz CT molecular complexity index is 545. The molecule has 0 saturated heterocycles. The Hall–Kier alpha value is -0.390. The number of hydrogen-bond donors (Lipinski definition) is 1. The molecule has 2 atom stereocenters. The van der Waals surface area contributed by atoms with Crippen molar-refractivity contribution in [3.05, 3.63) is 28.7 Å². The van der Waals surface area contributed by atoms with Crippen LogP contribution < -0.4 is 5.32 Å². The summed E-state index contributed by atoms with van der Waals surface area (Å²) in [7, 11) is -1.41. The van der Waals surface area contributed by atoms with Gasteiger partial charge >= 0.3 is 0 Å². The largest absolute Gasteiger partial charge is 0.316 e. The molecule has 5 heteroatoms. The zero-order chi connectivity index (χ0) is 14.6. The van der Waals surface area contributed by atoms with Crippen molar-refractivity contribution < 1.29 is 8.42 Å². The lowest BCUT2D eigenvalue weighted by Gasteiger charge is -2.29. The summed E-state index contributed by atoms with van der Waals surface area (Å²) >= 11 is 3.36. The highest BCUT2D eigenvalue weighted by molar-refractivity contribution is 9.10. The number of rotatable bonds is 3. The third-order valence-electron chi connectivity index (χ3n) is 4.10. The van der Waals surface area contributed by atoms with Crippen molar-refractivity contribution in [3.63, 3.8) is 0 Å². The first-order valence-corrected chi connectivity index (χ1v) is 9.56. The summed E-state index contributed by atoms with van der Waals surface area (Å²) in [5, 5.41) is 2.90. The maximum Gasteiger partial charge on any atom is 0.182 e. The minimum atomic E-state index is -3.28. The third kappa shape index (κ3) is 3.62. The van der Waals surface area contributed by atoms with E-state index in [4.69, 9.17) is 0 Å². The van der Waals surface area contributed by atoms with Crippen LogP contribution in [0.1, 0.15) is 38.5 Å². The van der Waals surface area contributed by atoms with E-state index in [0.29, 0.717) is 4.90 Å². The summed E-state index contributed by atoms with van der Waals surface area (Å²) in [5.74, 6) is 0. The minimum Gasteiger partial charge on any atom is -0.316 e. The fourth-order valence-corrected chi connectivity index (χ4v) is 5.61. The van der Waals surface area contributed by atoms with Gasteiger partial charge in [0.25, 0.3) is 0 Å². The molecular weight excluding hydrogens is 338 g/mol. The molecule has 2 unspecified atom stereocenters. The van der Waals surface area contributed by atoms with Gasteiger partial charge in [0, 0.05) is 10.5 Å². The average molecular weight is 360 g/mol. The smallest absolute Gasteiger partial charge is 0.182 e. The van der Waals surface area contributed by atoms with Crippen LogP contribution in [0.4, 0.5) is 0 Å². The Morgan fingerprint density at radius 2 is 1.85 bits per heavy atom. The van der Waals surface area contributed by atoms with Gasteiger partial charge in [-0.1, -0.05) is 47.7 Å². The van der Waals surface area contributed by atoms with Crippen molar-refractivity contribution >= 4 is 25.8 Å². The van der Waals surface area contributed by atoms with E-state index in [1.165, 1.54) is 6.42 Å². The molecule has 1 N–H and O–H groups in total. The monoisotopic (exact) mass is 359 g/mol. The zero-order valence-electron chi connectivity index (χ0n) is 11.8. The number of benzene rings is 1. The van der Waals surface area contributed by atoms with Gasteiger partial charge in [0.15, 0.2) is 9.84 Å². The summed E-state index contributed by atoms with van der Waals surface area (Å²) in [6.07, 6.45) is 6.14. The minimum absolute atomic E-state index is 0.0549. The van der Waals surface area contributed by atoms with Crippen molar-refractivity contribution in [3.8, 4) is 0 Å². The van der Waals surface area contributed by atoms with E-state index in [2.05, 4.69) is 21.2 Å². The number of halogens is 1. The van der Waals surface area contributed by atoms with Crippen LogP contribution >= 0.6 is 15.9 Å². The van der Waals surface area contributed by atoms with Crippen LogP contribution in [0.15, 0.2) is 33.6 Å². The molecule has 0 aromatic heterocycles. The van der Waals surface area contributed by atoms with Crippen LogP contribution in [0.2, 0.25) is 0 Å². The van der Waals surface area contributed by atoms with Gasteiger partial charge in [-0.3, -0.25) is 0 Å². The van der Waals surface area contributed by atoms with E-state index in [9.17, 15) is 8.42 Å². The molecule has 0 bridgehead atoms. The van der Waals surface area contributed by atoms with Crippen LogP contribution in [-0.2, 0) is 9.84 Å². The summed E-state index contributed by atoms with van der Waals surface area (Å²) in [5.41, 5.74) is 0. The lowest BCUT2D eigenvalue weighted by molar-refractivity contribution is 0.405. The predicted octanol–water partition coefficient (Wildman–Crippen LogP) is 3.53. The SMILES string of the molecule is CNC1CCCCCCC1S(=O)(=O)c1cccc(Br)c1. The summed E-state index contributed by atoms with van der Waals surface area (Å²) in [6.45, 7) is 0. The van der Waals surface area contributed by atoms with Gasteiger partial charge in [-0.05, 0) is 38.1 Å². The molecule has 0 amide bonds. The molecule has 1 aromatic carbocycles. The summed E-state index contributed by atoms with van der Waals surface area (Å²) in [4.78, 5) is 0.428. The molecule has 1 aromatic rings. The number of nitrogens with one attached hydrogen (secondary N) is 1. The fraction of sp³-hybridized carbons (Fsp3) is 0.600. The maximum absolute atomic E-state index is 12.9. The Morgan fingerprint density at radius 3 is 2.50 bits per heavy atom. The third-order valence-corrected chi connectivity index (χ3v) is 6.86. The van der Waals surface area contributed by atoms with Crippen molar-refractivity contribution in [2.75, 3.05) is 7.05 Å². The Balaban J connectivity index is 2.33. The van der Waals surface area contributed by atoms with Gasteiger partial charge in [-0.15, -0.1) is 0 Å². The van der Waals surface area contributed by atoms with E-state index < -0.39 is 9.84 Å². The molecule has 0 spiro atoms. The number of hydrogen-bond acceptors (Lipinski definition) is 3. The quantitative estimate of drug-likeness (QED) is 0.897. The molecule has 0 aliphatic heterocycles. The van der Waals surface area contributed by atoms with Crippen LogP contribution in [-0.4, -0.2) is 26.8 Å². The van der Waals surface area contributed by atoms with Gasteiger partial charge in [0.05, 0.1) is 10.1 Å². The predicted molar refractivity (Wildman–Crippen MR) is 85.7 cm³/mol. The molecule has 20 heavy (non-hydrogen) atoms. The summed E-state index contributed by atoms with van der Waals surface area (Å²) < 4.78 is 26.6. The first-order chi connectivity index (χ1) is 9.55. The van der Waals surface area contributed by atoms with Crippen molar-refractivity contribution in [2.24, 2.45) is 0 Å². The average Bonchev–Trinajstić information content (AvgIpc) is 2.38. The first-order valence-electron chi connectivity index (χ1n) is 7.22. The molecule has 0 heterocycles. The second-order valence-corrected chi connectivity index (χ2v) is 8.51. The molecule has 112 valence electrons. The highest BCUT2D eigenvalue weighted by Gasteiger charge is 2.34. The highest BCUT2D eigenvalue weighted by atomic mass is 79.9. The van der Waals surface area contributed by atoms with Gasteiger partial charge in [0.2, 0.25) is 0 Å². The Labute approximate surface area is 130 Å². The van der Waals surface area contributed by atoms with E-state index in [1.54, 1.807) is 18.2 Å². The van der Waals surface area contributed by atoms with Gasteiger partial charge in [-0.2, -0.15) is 0 Å². The van der Waals surface area contributed by atoms with Crippen LogP contribution in [0, 0.1) is 0 Å².